The van der Waals surface area contributed by atoms with Crippen molar-refractivity contribution in [2.24, 2.45) is 11.8 Å². The highest BCUT2D eigenvalue weighted by Crippen LogP contribution is 2.35. The molecule has 1 aromatic heterocycles. The Hall–Kier alpha value is -3.73. The Labute approximate surface area is 206 Å². The van der Waals surface area contributed by atoms with Crippen molar-refractivity contribution in [2.75, 3.05) is 39.3 Å². The van der Waals surface area contributed by atoms with Crippen LogP contribution in [0.1, 0.15) is 29.6 Å². The zero-order valence-corrected chi connectivity index (χ0v) is 19.7. The standard InChI is InChI=1S/C25H28N4O7/c30-21-16-3-1-2-4-19(16)36-14-18(21)22(31)27-9-11-28(12-10-27)25(35)29-20(24(33)34)17(23(29)32)13-15-5-7-26-8-6-15/h1-4,14-15,17,20,26H,5-13H2,(H,33,34)/t17-,20+/m1/s1. The maximum absolute atomic E-state index is 13.1. The van der Waals surface area contributed by atoms with Gasteiger partial charge >= 0.3 is 12.0 Å². The van der Waals surface area contributed by atoms with Gasteiger partial charge in [-0.3, -0.25) is 14.4 Å². The number of fused-ring (bicyclic) bond motifs is 1. The van der Waals surface area contributed by atoms with E-state index in [0.717, 1.165) is 37.1 Å². The van der Waals surface area contributed by atoms with Gasteiger partial charge in [0.25, 0.3) is 5.91 Å². The number of carbonyl (C=O) groups is 4. The number of piperidine rings is 1. The summed E-state index contributed by atoms with van der Waals surface area (Å²) < 4.78 is 5.44. The van der Waals surface area contributed by atoms with E-state index in [0.29, 0.717) is 17.4 Å². The van der Waals surface area contributed by atoms with Gasteiger partial charge in [0, 0.05) is 26.2 Å². The van der Waals surface area contributed by atoms with E-state index in [2.05, 4.69) is 5.32 Å². The van der Waals surface area contributed by atoms with Gasteiger partial charge in [-0.15, -0.1) is 0 Å². The first-order chi connectivity index (χ1) is 17.4. The third kappa shape index (κ3) is 4.23. The van der Waals surface area contributed by atoms with Gasteiger partial charge in [0.15, 0.2) is 6.04 Å². The Morgan fingerprint density at radius 3 is 2.36 bits per heavy atom. The van der Waals surface area contributed by atoms with Crippen LogP contribution in [-0.2, 0) is 9.59 Å². The molecule has 2 N–H and O–H groups in total. The number of para-hydroxylation sites is 1. The number of rotatable bonds is 4. The first-order valence-corrected chi connectivity index (χ1v) is 12.2. The number of hydrogen-bond donors (Lipinski definition) is 2. The number of carboxylic acids is 1. The van der Waals surface area contributed by atoms with Crippen molar-refractivity contribution in [3.05, 3.63) is 46.3 Å². The molecule has 3 aliphatic rings. The van der Waals surface area contributed by atoms with Crippen LogP contribution < -0.4 is 10.7 Å². The fourth-order valence-corrected chi connectivity index (χ4v) is 5.40. The number of piperazine rings is 1. The number of nitrogens with one attached hydrogen (secondary N) is 1. The lowest BCUT2D eigenvalue weighted by Gasteiger charge is -2.47. The van der Waals surface area contributed by atoms with E-state index in [1.165, 1.54) is 9.80 Å². The number of aliphatic carboxylic acids is 1. The molecule has 11 nitrogen and oxygen atoms in total. The molecule has 4 amide bonds. The molecule has 0 spiro atoms. The molecule has 0 bridgehead atoms. The van der Waals surface area contributed by atoms with Crippen LogP contribution in [0.25, 0.3) is 11.0 Å². The summed E-state index contributed by atoms with van der Waals surface area (Å²) in [4.78, 5) is 67.3. The normalized spacial score (nSPS) is 23.0. The molecular formula is C25H28N4O7. The number of carbonyl (C=O) groups excluding carboxylic acids is 3. The number of imide groups is 1. The monoisotopic (exact) mass is 496 g/mol. The summed E-state index contributed by atoms with van der Waals surface area (Å²) >= 11 is 0. The molecule has 11 heteroatoms. The third-order valence-corrected chi connectivity index (χ3v) is 7.47. The number of hydrogen-bond acceptors (Lipinski definition) is 7. The van der Waals surface area contributed by atoms with Gasteiger partial charge in [0.1, 0.15) is 17.4 Å². The summed E-state index contributed by atoms with van der Waals surface area (Å²) in [7, 11) is 0. The highest BCUT2D eigenvalue weighted by Gasteiger charge is 2.56. The van der Waals surface area contributed by atoms with E-state index in [1.807, 2.05) is 0 Å². The van der Waals surface area contributed by atoms with Crippen LogP contribution in [0.2, 0.25) is 0 Å². The second-order valence-corrected chi connectivity index (χ2v) is 9.56. The second kappa shape index (κ2) is 9.73. The highest BCUT2D eigenvalue weighted by atomic mass is 16.4. The first kappa shape index (κ1) is 24.0. The smallest absolute Gasteiger partial charge is 0.327 e. The number of carboxylic acid groups (broad SMARTS) is 1. The molecule has 4 heterocycles. The van der Waals surface area contributed by atoms with Crippen LogP contribution in [0.4, 0.5) is 4.79 Å². The average Bonchev–Trinajstić information content (AvgIpc) is 2.90. The van der Waals surface area contributed by atoms with E-state index in [9.17, 15) is 29.1 Å². The third-order valence-electron chi connectivity index (χ3n) is 7.47. The Kier molecular flexibility index (Phi) is 6.48. The van der Waals surface area contributed by atoms with Gasteiger partial charge in [-0.05, 0) is 50.4 Å². The van der Waals surface area contributed by atoms with Crippen molar-refractivity contribution in [2.45, 2.75) is 25.3 Å². The number of likely N-dealkylation sites (tertiary alicyclic amines) is 1. The highest BCUT2D eigenvalue weighted by molar-refractivity contribution is 6.07. The quantitative estimate of drug-likeness (QED) is 0.597. The SMILES string of the molecule is O=C(O)[C@@H]1[C@@H](CC2CCNCC2)C(=O)N1C(=O)N1CCN(C(=O)c2coc3ccccc3c2=O)CC1. The van der Waals surface area contributed by atoms with Crippen LogP contribution in [-0.4, -0.2) is 88.9 Å². The van der Waals surface area contributed by atoms with Gasteiger partial charge in [-0.1, -0.05) is 12.1 Å². The maximum Gasteiger partial charge on any atom is 0.327 e. The summed E-state index contributed by atoms with van der Waals surface area (Å²) in [5.41, 5.74) is -0.117. The second-order valence-electron chi connectivity index (χ2n) is 9.56. The predicted octanol–water partition coefficient (Wildman–Crippen LogP) is 0.972. The van der Waals surface area contributed by atoms with Crippen LogP contribution in [0.5, 0.6) is 0 Å². The van der Waals surface area contributed by atoms with Crippen LogP contribution in [0, 0.1) is 11.8 Å². The van der Waals surface area contributed by atoms with E-state index in [1.54, 1.807) is 24.3 Å². The lowest BCUT2D eigenvalue weighted by atomic mass is 9.78. The molecule has 0 saturated carbocycles. The molecule has 190 valence electrons. The average molecular weight is 497 g/mol. The number of amides is 4. The van der Waals surface area contributed by atoms with Crippen LogP contribution in [0.3, 0.4) is 0 Å². The summed E-state index contributed by atoms with van der Waals surface area (Å²) in [5, 5.41) is 13.3. The molecule has 2 aromatic rings. The minimum Gasteiger partial charge on any atom is -0.480 e. The van der Waals surface area contributed by atoms with Gasteiger partial charge in [-0.25, -0.2) is 14.5 Å². The lowest BCUT2D eigenvalue weighted by molar-refractivity contribution is -0.167. The maximum atomic E-state index is 13.1. The van der Waals surface area contributed by atoms with Gasteiger partial charge in [-0.2, -0.15) is 0 Å². The number of nitrogens with zero attached hydrogens (tertiary/aromatic N) is 3. The lowest BCUT2D eigenvalue weighted by Crippen LogP contribution is -2.69. The Bertz CT molecular complexity index is 1260. The number of benzene rings is 1. The molecule has 5 rings (SSSR count). The molecule has 3 fully saturated rings. The van der Waals surface area contributed by atoms with Crippen molar-refractivity contribution in [1.29, 1.82) is 0 Å². The molecule has 0 radical (unpaired) electrons. The van der Waals surface area contributed by atoms with Crippen LogP contribution in [0.15, 0.2) is 39.7 Å². The van der Waals surface area contributed by atoms with Crippen molar-refractivity contribution in [3.8, 4) is 0 Å². The molecule has 3 aliphatic heterocycles. The fourth-order valence-electron chi connectivity index (χ4n) is 5.40. The minimum absolute atomic E-state index is 0.0851. The summed E-state index contributed by atoms with van der Waals surface area (Å²) in [5.74, 6) is -2.55. The zero-order chi connectivity index (χ0) is 25.4. The summed E-state index contributed by atoms with van der Waals surface area (Å²) in [6.45, 7) is 2.23. The Morgan fingerprint density at radius 2 is 1.67 bits per heavy atom. The molecule has 1 aromatic carbocycles. The predicted molar refractivity (Wildman–Crippen MR) is 127 cm³/mol. The van der Waals surface area contributed by atoms with Crippen molar-refractivity contribution in [1.82, 2.24) is 20.0 Å². The van der Waals surface area contributed by atoms with Crippen LogP contribution >= 0.6 is 0 Å². The van der Waals surface area contributed by atoms with E-state index in [4.69, 9.17) is 4.42 Å². The molecular weight excluding hydrogens is 468 g/mol. The Balaban J connectivity index is 1.22. The van der Waals surface area contributed by atoms with E-state index in [-0.39, 0.29) is 37.7 Å². The first-order valence-electron chi connectivity index (χ1n) is 12.2. The van der Waals surface area contributed by atoms with Gasteiger partial charge in [0.2, 0.25) is 11.3 Å². The van der Waals surface area contributed by atoms with Crippen molar-refractivity contribution in [3.63, 3.8) is 0 Å². The molecule has 0 aliphatic carbocycles. The molecule has 2 atom stereocenters. The number of β-lactam (4-membered cyclic amide) rings is 1. The molecule has 36 heavy (non-hydrogen) atoms. The zero-order valence-electron chi connectivity index (χ0n) is 19.7. The largest absolute Gasteiger partial charge is 0.480 e. The summed E-state index contributed by atoms with van der Waals surface area (Å²) in [6.07, 6.45) is 3.40. The van der Waals surface area contributed by atoms with E-state index < -0.39 is 41.2 Å². The fraction of sp³-hybridized carbons (Fsp3) is 0.480. The molecule has 0 unspecified atom stereocenters. The van der Waals surface area contributed by atoms with Gasteiger partial charge < -0.3 is 24.6 Å². The van der Waals surface area contributed by atoms with Gasteiger partial charge in [0.05, 0.1) is 11.3 Å². The summed E-state index contributed by atoms with van der Waals surface area (Å²) in [6, 6.07) is 4.85. The van der Waals surface area contributed by atoms with Crippen molar-refractivity contribution < 1.29 is 28.7 Å². The Morgan fingerprint density at radius 1 is 1.00 bits per heavy atom. The topological polar surface area (TPSA) is 140 Å². The van der Waals surface area contributed by atoms with Crippen molar-refractivity contribution >= 4 is 34.8 Å². The van der Waals surface area contributed by atoms with E-state index >= 15 is 0 Å². The molecule has 3 saturated heterocycles. The number of urea groups is 1. The minimum atomic E-state index is -1.18.